The van der Waals surface area contributed by atoms with E-state index in [1.165, 1.54) is 30.3 Å². The summed E-state index contributed by atoms with van der Waals surface area (Å²) in [5.41, 5.74) is 0.770. The number of benzene rings is 2. The highest BCUT2D eigenvalue weighted by Crippen LogP contribution is 2.30. The van der Waals surface area contributed by atoms with Crippen molar-refractivity contribution in [3.8, 4) is 0 Å². The number of halogens is 4. The predicted octanol–water partition coefficient (Wildman–Crippen LogP) is 4.61. The van der Waals surface area contributed by atoms with E-state index in [-0.39, 0.29) is 18.6 Å². The highest BCUT2D eigenvalue weighted by molar-refractivity contribution is 5.76. The number of carbonyl (C=O) groups is 1. The number of alkyl halides is 3. The van der Waals surface area contributed by atoms with Crippen molar-refractivity contribution in [2.75, 3.05) is 0 Å². The number of aliphatic hydroxyl groups is 1. The minimum absolute atomic E-state index is 0.0788. The van der Waals surface area contributed by atoms with Crippen molar-refractivity contribution in [3.63, 3.8) is 0 Å². The van der Waals surface area contributed by atoms with Crippen LogP contribution in [0.2, 0.25) is 0 Å². The molecule has 1 aliphatic rings. The minimum atomic E-state index is -4.44. The van der Waals surface area contributed by atoms with E-state index < -0.39 is 29.6 Å². The number of imidazole rings is 1. The number of amides is 2. The number of fused-ring (bicyclic) bond motifs is 1. The average Bonchev–Trinajstić information content (AvgIpc) is 3.18. The summed E-state index contributed by atoms with van der Waals surface area (Å²) in [5.74, 6) is -0.0882. The Bertz CT molecular complexity index is 1110. The molecule has 0 bridgehead atoms. The average molecular weight is 464 g/mol. The molecule has 1 aromatic heterocycles. The summed E-state index contributed by atoms with van der Waals surface area (Å²) in [5, 5.41) is 15.4. The van der Waals surface area contributed by atoms with Gasteiger partial charge in [0, 0.05) is 12.1 Å². The van der Waals surface area contributed by atoms with Crippen LogP contribution in [-0.2, 0) is 12.6 Å². The summed E-state index contributed by atoms with van der Waals surface area (Å²) < 4.78 is 52.3. The monoisotopic (exact) mass is 464 g/mol. The van der Waals surface area contributed by atoms with Gasteiger partial charge in [0.15, 0.2) is 0 Å². The smallest absolute Gasteiger partial charge is 0.393 e. The lowest BCUT2D eigenvalue weighted by Gasteiger charge is -2.27. The largest absolute Gasteiger partial charge is 0.416 e. The first-order valence-corrected chi connectivity index (χ1v) is 10.7. The summed E-state index contributed by atoms with van der Waals surface area (Å²) in [6.45, 7) is 0. The molecular formula is C23H24F4N4O2. The zero-order valence-corrected chi connectivity index (χ0v) is 17.6. The van der Waals surface area contributed by atoms with Gasteiger partial charge in [0.1, 0.15) is 11.6 Å². The van der Waals surface area contributed by atoms with E-state index in [0.29, 0.717) is 48.1 Å². The SMILES string of the molecule is O=C(NC1CCC(O)CC1)N[C@H](Cc1ccc(C(F)(F)F)cc1)c1nc2cc(F)ccc2[nH]1. The maximum absolute atomic E-state index is 13.6. The molecule has 1 heterocycles. The van der Waals surface area contributed by atoms with Gasteiger partial charge in [-0.2, -0.15) is 13.2 Å². The molecule has 2 aromatic carbocycles. The van der Waals surface area contributed by atoms with Crippen LogP contribution in [0.25, 0.3) is 11.0 Å². The number of nitrogens with one attached hydrogen (secondary N) is 3. The van der Waals surface area contributed by atoms with Crippen molar-refractivity contribution in [1.82, 2.24) is 20.6 Å². The third-order valence-electron chi connectivity index (χ3n) is 5.85. The third kappa shape index (κ3) is 5.81. The Morgan fingerprint density at radius 3 is 2.48 bits per heavy atom. The van der Waals surface area contributed by atoms with Crippen molar-refractivity contribution in [3.05, 3.63) is 65.2 Å². The molecule has 1 aliphatic carbocycles. The molecule has 4 rings (SSSR count). The number of hydrogen-bond acceptors (Lipinski definition) is 3. The summed E-state index contributed by atoms with van der Waals surface area (Å²) in [4.78, 5) is 20.1. The van der Waals surface area contributed by atoms with Crippen LogP contribution in [0.4, 0.5) is 22.4 Å². The number of carbonyl (C=O) groups excluding carboxylic acids is 1. The van der Waals surface area contributed by atoms with Gasteiger partial charge in [0.2, 0.25) is 0 Å². The second-order valence-corrected chi connectivity index (χ2v) is 8.36. The predicted molar refractivity (Wildman–Crippen MR) is 114 cm³/mol. The lowest BCUT2D eigenvalue weighted by atomic mass is 9.93. The van der Waals surface area contributed by atoms with Gasteiger partial charge in [0.25, 0.3) is 0 Å². The van der Waals surface area contributed by atoms with Gasteiger partial charge in [0.05, 0.1) is 28.7 Å². The number of rotatable bonds is 5. The highest BCUT2D eigenvalue weighted by atomic mass is 19.4. The Labute approximate surface area is 187 Å². The van der Waals surface area contributed by atoms with Crippen LogP contribution in [0.15, 0.2) is 42.5 Å². The quantitative estimate of drug-likeness (QED) is 0.416. The van der Waals surface area contributed by atoms with Gasteiger partial charge < -0.3 is 20.7 Å². The molecule has 3 aromatic rings. The number of urea groups is 1. The fourth-order valence-electron chi connectivity index (χ4n) is 4.05. The van der Waals surface area contributed by atoms with Gasteiger partial charge >= 0.3 is 12.2 Å². The first-order chi connectivity index (χ1) is 15.7. The summed E-state index contributed by atoms with van der Waals surface area (Å²) in [7, 11) is 0. The molecular weight excluding hydrogens is 440 g/mol. The molecule has 0 radical (unpaired) electrons. The Hall–Kier alpha value is -3.14. The highest BCUT2D eigenvalue weighted by Gasteiger charge is 2.30. The van der Waals surface area contributed by atoms with E-state index in [4.69, 9.17) is 0 Å². The molecule has 10 heteroatoms. The van der Waals surface area contributed by atoms with E-state index >= 15 is 0 Å². The van der Waals surface area contributed by atoms with Crippen molar-refractivity contribution >= 4 is 17.1 Å². The van der Waals surface area contributed by atoms with Crippen LogP contribution >= 0.6 is 0 Å². The van der Waals surface area contributed by atoms with Crippen molar-refractivity contribution in [1.29, 1.82) is 0 Å². The molecule has 0 aliphatic heterocycles. The van der Waals surface area contributed by atoms with Gasteiger partial charge in [-0.15, -0.1) is 0 Å². The molecule has 0 saturated heterocycles. The number of hydrogen-bond donors (Lipinski definition) is 4. The molecule has 4 N–H and O–H groups in total. The van der Waals surface area contributed by atoms with Crippen LogP contribution in [0.1, 0.15) is 48.7 Å². The van der Waals surface area contributed by atoms with Crippen LogP contribution in [0, 0.1) is 5.82 Å². The second-order valence-electron chi connectivity index (χ2n) is 8.36. The Morgan fingerprint density at radius 2 is 1.82 bits per heavy atom. The van der Waals surface area contributed by atoms with Crippen LogP contribution in [-0.4, -0.2) is 33.3 Å². The third-order valence-corrected chi connectivity index (χ3v) is 5.85. The van der Waals surface area contributed by atoms with Gasteiger partial charge in [-0.1, -0.05) is 12.1 Å². The zero-order chi connectivity index (χ0) is 23.6. The maximum atomic E-state index is 13.6. The van der Waals surface area contributed by atoms with Crippen LogP contribution < -0.4 is 10.6 Å². The standard InChI is InChI=1S/C23H24F4N4O2/c24-15-5-10-18-19(12-15)30-21(29-18)20(11-13-1-3-14(4-2-13)23(25,26)27)31-22(33)28-16-6-8-17(32)9-7-16/h1-5,10,12,16-17,20,32H,6-9,11H2,(H,29,30)(H2,28,31,33)/t16?,17?,20-/m1/s1. The molecule has 0 spiro atoms. The molecule has 6 nitrogen and oxygen atoms in total. The lowest BCUT2D eigenvalue weighted by Crippen LogP contribution is -2.45. The Balaban J connectivity index is 1.54. The molecule has 1 atom stereocenters. The number of aliphatic hydroxyl groups excluding tert-OH is 1. The van der Waals surface area contributed by atoms with E-state index in [1.54, 1.807) is 0 Å². The topological polar surface area (TPSA) is 90.0 Å². The molecule has 1 fully saturated rings. The molecule has 2 amide bonds. The van der Waals surface area contributed by atoms with Crippen LogP contribution in [0.5, 0.6) is 0 Å². The Morgan fingerprint density at radius 1 is 1.12 bits per heavy atom. The molecule has 0 unspecified atom stereocenters. The number of aromatic nitrogens is 2. The summed E-state index contributed by atoms with van der Waals surface area (Å²) in [6.07, 6.45) is -2.09. The first-order valence-electron chi connectivity index (χ1n) is 10.7. The fourth-order valence-corrected chi connectivity index (χ4v) is 4.05. The summed E-state index contributed by atoms with van der Waals surface area (Å²) >= 11 is 0. The molecule has 1 saturated carbocycles. The second kappa shape index (κ2) is 9.38. The fraction of sp³-hybridized carbons (Fsp3) is 0.391. The van der Waals surface area contributed by atoms with E-state index in [2.05, 4.69) is 20.6 Å². The minimum Gasteiger partial charge on any atom is -0.393 e. The number of aromatic amines is 1. The molecule has 33 heavy (non-hydrogen) atoms. The first kappa shape index (κ1) is 23.0. The maximum Gasteiger partial charge on any atom is 0.416 e. The van der Waals surface area contributed by atoms with Gasteiger partial charge in [-0.25, -0.2) is 14.2 Å². The number of nitrogens with zero attached hydrogens (tertiary/aromatic N) is 1. The lowest BCUT2D eigenvalue weighted by molar-refractivity contribution is -0.137. The van der Waals surface area contributed by atoms with E-state index in [1.807, 2.05) is 0 Å². The number of H-pyrrole nitrogens is 1. The van der Waals surface area contributed by atoms with E-state index in [9.17, 15) is 27.5 Å². The summed E-state index contributed by atoms with van der Waals surface area (Å²) in [6, 6.07) is 7.58. The normalized spacial score (nSPS) is 19.9. The van der Waals surface area contributed by atoms with Crippen molar-refractivity contribution in [2.24, 2.45) is 0 Å². The van der Waals surface area contributed by atoms with Crippen LogP contribution in [0.3, 0.4) is 0 Å². The Kier molecular flexibility index (Phi) is 6.55. The van der Waals surface area contributed by atoms with Crippen molar-refractivity contribution < 1.29 is 27.5 Å². The van der Waals surface area contributed by atoms with E-state index in [0.717, 1.165) is 12.1 Å². The van der Waals surface area contributed by atoms with Gasteiger partial charge in [-0.05, 0) is 61.9 Å². The molecule has 176 valence electrons. The zero-order valence-electron chi connectivity index (χ0n) is 17.6. The van der Waals surface area contributed by atoms with Gasteiger partial charge in [-0.3, -0.25) is 0 Å². The van der Waals surface area contributed by atoms with Crippen molar-refractivity contribution in [2.45, 2.75) is 56.5 Å².